The Hall–Kier alpha value is -2.94. The van der Waals surface area contributed by atoms with Gasteiger partial charge in [-0.3, -0.25) is 4.79 Å². The van der Waals surface area contributed by atoms with E-state index >= 15 is 0 Å². The van der Waals surface area contributed by atoms with Crippen LogP contribution in [0.25, 0.3) is 0 Å². The third kappa shape index (κ3) is 6.27. The molecule has 162 valence electrons. The topological polar surface area (TPSA) is 84.5 Å². The molecule has 0 aliphatic heterocycles. The fraction of sp³-hybridized carbons (Fsp3) is 0.136. The molecule has 31 heavy (non-hydrogen) atoms. The molecule has 0 spiro atoms. The van der Waals surface area contributed by atoms with Gasteiger partial charge in [-0.1, -0.05) is 41.9 Å². The molecule has 3 aromatic rings. The number of carbonyl (C=O) groups excluding carboxylic acids is 1. The van der Waals surface area contributed by atoms with E-state index < -0.39 is 27.8 Å². The normalized spacial score (nSPS) is 12.2. The Bertz CT molecular complexity index is 1160. The van der Waals surface area contributed by atoms with Crippen molar-refractivity contribution < 1.29 is 22.3 Å². The molecule has 6 nitrogen and oxygen atoms in total. The van der Waals surface area contributed by atoms with E-state index in [2.05, 4.69) is 10.0 Å². The SMILES string of the molecule is C[C@H](NS(=O)(=O)c1ccc(OCC(=O)Nc2ccc(F)cc2)c(Cl)c1)c1ccccc1. The van der Waals surface area contributed by atoms with Crippen LogP contribution in [-0.4, -0.2) is 20.9 Å². The van der Waals surface area contributed by atoms with Crippen LogP contribution in [-0.2, 0) is 14.8 Å². The quantitative estimate of drug-likeness (QED) is 0.515. The lowest BCUT2D eigenvalue weighted by molar-refractivity contribution is -0.118. The molecule has 2 N–H and O–H groups in total. The molecule has 0 fully saturated rings. The van der Waals surface area contributed by atoms with E-state index in [1.807, 2.05) is 30.3 Å². The number of hydrogen-bond acceptors (Lipinski definition) is 4. The van der Waals surface area contributed by atoms with Crippen LogP contribution in [0.2, 0.25) is 5.02 Å². The van der Waals surface area contributed by atoms with Gasteiger partial charge in [0, 0.05) is 11.7 Å². The fourth-order valence-corrected chi connectivity index (χ4v) is 4.31. The van der Waals surface area contributed by atoms with Gasteiger partial charge in [-0.25, -0.2) is 17.5 Å². The van der Waals surface area contributed by atoms with Crippen LogP contribution < -0.4 is 14.8 Å². The van der Waals surface area contributed by atoms with Crippen LogP contribution in [0.3, 0.4) is 0 Å². The van der Waals surface area contributed by atoms with E-state index in [0.29, 0.717) is 5.69 Å². The van der Waals surface area contributed by atoms with E-state index in [-0.39, 0.29) is 22.3 Å². The first kappa shape index (κ1) is 22.7. The summed E-state index contributed by atoms with van der Waals surface area (Å²) < 4.78 is 46.2. The summed E-state index contributed by atoms with van der Waals surface area (Å²) in [6, 6.07) is 18.0. The maximum Gasteiger partial charge on any atom is 0.262 e. The first-order valence-corrected chi connectivity index (χ1v) is 11.2. The minimum absolute atomic E-state index is 0.0246. The third-order valence-corrected chi connectivity index (χ3v) is 6.17. The summed E-state index contributed by atoms with van der Waals surface area (Å²) in [4.78, 5) is 12.0. The number of benzene rings is 3. The highest BCUT2D eigenvalue weighted by molar-refractivity contribution is 7.89. The van der Waals surface area contributed by atoms with Crippen LogP contribution in [0.1, 0.15) is 18.5 Å². The highest BCUT2D eigenvalue weighted by Crippen LogP contribution is 2.28. The van der Waals surface area contributed by atoms with Crippen molar-refractivity contribution in [3.63, 3.8) is 0 Å². The van der Waals surface area contributed by atoms with Crippen molar-refractivity contribution in [1.29, 1.82) is 0 Å². The Labute approximate surface area is 185 Å². The smallest absolute Gasteiger partial charge is 0.262 e. The van der Waals surface area contributed by atoms with Crippen LogP contribution in [0.4, 0.5) is 10.1 Å². The summed E-state index contributed by atoms with van der Waals surface area (Å²) in [6.07, 6.45) is 0. The Morgan fingerprint density at radius 2 is 1.74 bits per heavy atom. The second kappa shape index (κ2) is 9.91. The van der Waals surface area contributed by atoms with E-state index in [9.17, 15) is 17.6 Å². The molecule has 0 aromatic heterocycles. The van der Waals surface area contributed by atoms with Gasteiger partial charge in [-0.2, -0.15) is 0 Å². The number of anilines is 1. The minimum atomic E-state index is -3.82. The predicted octanol–water partition coefficient (Wildman–Crippen LogP) is 4.54. The summed E-state index contributed by atoms with van der Waals surface area (Å²) >= 11 is 6.16. The first-order chi connectivity index (χ1) is 14.7. The van der Waals surface area contributed by atoms with Gasteiger partial charge >= 0.3 is 0 Å². The van der Waals surface area contributed by atoms with Gasteiger partial charge in [-0.15, -0.1) is 0 Å². The van der Waals surface area contributed by atoms with Crippen molar-refractivity contribution in [2.24, 2.45) is 0 Å². The standard InChI is InChI=1S/C22H20ClFN2O4S/c1-15(16-5-3-2-4-6-16)26-31(28,29)19-11-12-21(20(23)13-19)30-14-22(27)25-18-9-7-17(24)8-10-18/h2-13,15,26H,14H2,1H3,(H,25,27)/t15-/m0/s1. The van der Waals surface area contributed by atoms with E-state index in [4.69, 9.17) is 16.3 Å². The van der Waals surface area contributed by atoms with Gasteiger partial charge in [0.15, 0.2) is 6.61 Å². The molecule has 1 amide bonds. The summed E-state index contributed by atoms with van der Waals surface area (Å²) in [5.74, 6) is -0.729. The van der Waals surface area contributed by atoms with Crippen molar-refractivity contribution in [3.8, 4) is 5.75 Å². The number of rotatable bonds is 8. The lowest BCUT2D eigenvalue weighted by Crippen LogP contribution is -2.27. The zero-order chi connectivity index (χ0) is 22.4. The van der Waals surface area contributed by atoms with Crippen molar-refractivity contribution >= 4 is 33.2 Å². The number of sulfonamides is 1. The molecule has 0 radical (unpaired) electrons. The summed E-state index contributed by atoms with van der Waals surface area (Å²) in [5.41, 5.74) is 1.24. The Morgan fingerprint density at radius 3 is 2.39 bits per heavy atom. The van der Waals surface area contributed by atoms with Gasteiger partial charge in [0.1, 0.15) is 11.6 Å². The fourth-order valence-electron chi connectivity index (χ4n) is 2.75. The molecule has 3 aromatic carbocycles. The molecule has 0 heterocycles. The lowest BCUT2D eigenvalue weighted by Gasteiger charge is -2.15. The number of carbonyl (C=O) groups is 1. The maximum absolute atomic E-state index is 12.9. The number of ether oxygens (including phenoxy) is 1. The molecule has 9 heteroatoms. The van der Waals surface area contributed by atoms with Crippen LogP contribution in [0, 0.1) is 5.82 Å². The molecule has 0 bridgehead atoms. The minimum Gasteiger partial charge on any atom is -0.482 e. The van der Waals surface area contributed by atoms with E-state index in [1.165, 1.54) is 42.5 Å². The molecule has 0 saturated carbocycles. The van der Waals surface area contributed by atoms with Crippen molar-refractivity contribution in [1.82, 2.24) is 4.72 Å². The molecule has 0 saturated heterocycles. The second-order valence-corrected chi connectivity index (χ2v) is 8.81. The molecule has 3 rings (SSSR count). The Morgan fingerprint density at radius 1 is 1.06 bits per heavy atom. The summed E-state index contributed by atoms with van der Waals surface area (Å²) in [5, 5.41) is 2.60. The van der Waals surface area contributed by atoms with Crippen molar-refractivity contribution in [3.05, 3.63) is 89.2 Å². The molecule has 1 atom stereocenters. The lowest BCUT2D eigenvalue weighted by atomic mass is 10.1. The molecular weight excluding hydrogens is 443 g/mol. The number of nitrogens with one attached hydrogen (secondary N) is 2. The van der Waals surface area contributed by atoms with Crippen LogP contribution >= 0.6 is 11.6 Å². The van der Waals surface area contributed by atoms with Crippen LogP contribution in [0.15, 0.2) is 77.7 Å². The number of hydrogen-bond donors (Lipinski definition) is 2. The van der Waals surface area contributed by atoms with Gasteiger partial charge in [-0.05, 0) is 55.0 Å². The van der Waals surface area contributed by atoms with Crippen LogP contribution in [0.5, 0.6) is 5.75 Å². The maximum atomic E-state index is 12.9. The Kier molecular flexibility index (Phi) is 7.27. The third-order valence-electron chi connectivity index (χ3n) is 4.33. The molecule has 0 aliphatic carbocycles. The van der Waals surface area contributed by atoms with E-state index in [1.54, 1.807) is 6.92 Å². The zero-order valence-electron chi connectivity index (χ0n) is 16.5. The monoisotopic (exact) mass is 462 g/mol. The first-order valence-electron chi connectivity index (χ1n) is 9.29. The predicted molar refractivity (Wildman–Crippen MR) is 117 cm³/mol. The Balaban J connectivity index is 1.62. The molecule has 0 aliphatic rings. The molecular formula is C22H20ClFN2O4S. The largest absolute Gasteiger partial charge is 0.482 e. The second-order valence-electron chi connectivity index (χ2n) is 6.69. The summed E-state index contributed by atoms with van der Waals surface area (Å²) in [6.45, 7) is 1.39. The van der Waals surface area contributed by atoms with Gasteiger partial charge in [0.25, 0.3) is 5.91 Å². The van der Waals surface area contributed by atoms with Crippen molar-refractivity contribution in [2.45, 2.75) is 17.9 Å². The highest BCUT2D eigenvalue weighted by Gasteiger charge is 2.20. The number of halogens is 2. The van der Waals surface area contributed by atoms with Gasteiger partial charge < -0.3 is 10.1 Å². The van der Waals surface area contributed by atoms with Gasteiger partial charge in [0.2, 0.25) is 10.0 Å². The average molecular weight is 463 g/mol. The molecule has 0 unspecified atom stereocenters. The van der Waals surface area contributed by atoms with Gasteiger partial charge in [0.05, 0.1) is 9.92 Å². The zero-order valence-corrected chi connectivity index (χ0v) is 18.1. The summed E-state index contributed by atoms with van der Waals surface area (Å²) in [7, 11) is -3.82. The van der Waals surface area contributed by atoms with E-state index in [0.717, 1.165) is 5.56 Å². The number of amides is 1. The van der Waals surface area contributed by atoms with Crippen molar-refractivity contribution in [2.75, 3.05) is 11.9 Å². The average Bonchev–Trinajstić information content (AvgIpc) is 2.75. The highest BCUT2D eigenvalue weighted by atomic mass is 35.5.